The number of pyridine rings is 1. The molecule has 10 nitrogen and oxygen atoms in total. The minimum atomic E-state index is -0.642. The zero-order valence-electron chi connectivity index (χ0n) is 20.4. The molecule has 37 heavy (non-hydrogen) atoms. The molecular weight excluding hydrogens is 498 g/mol. The van der Waals surface area contributed by atoms with Crippen molar-refractivity contribution in [1.82, 2.24) is 15.6 Å². The third-order valence-electron chi connectivity index (χ3n) is 6.10. The molecule has 1 amide bonds. The van der Waals surface area contributed by atoms with E-state index in [1.165, 1.54) is 17.2 Å². The number of carbonyl (C=O) groups is 1. The fraction of sp³-hybridized carbons (Fsp3) is 0.231. The van der Waals surface area contributed by atoms with Gasteiger partial charge in [-0.3, -0.25) is 24.3 Å². The van der Waals surface area contributed by atoms with E-state index in [0.29, 0.717) is 42.8 Å². The molecule has 0 unspecified atom stereocenters. The molecule has 0 radical (unpaired) electrons. The minimum Gasteiger partial charge on any atom is -0.459 e. The number of alkyl halides is 1. The van der Waals surface area contributed by atoms with Gasteiger partial charge in [0.25, 0.3) is 5.91 Å². The third kappa shape index (κ3) is 5.50. The van der Waals surface area contributed by atoms with Gasteiger partial charge in [-0.2, -0.15) is 0 Å². The fourth-order valence-electron chi connectivity index (χ4n) is 4.47. The van der Waals surface area contributed by atoms with Crippen LogP contribution >= 0.6 is 11.6 Å². The number of fused-ring (bicyclic) bond motifs is 1. The standard InChI is InChI=1S/C25H22N4O5.CH3Cl.H3N/c30-24(21-11-6-16-34-21)27-14-12-26(13-15-27)22-19-9-4-5-10-20(19)28(25(31)23(22)29(32)33)17-18-7-2-1-3-8-18;1-2;/h1-11,16H,12-15,17H2;1H3;1H3. The first-order chi connectivity index (χ1) is 17.5. The first-order valence-corrected chi connectivity index (χ1v) is 12.1. The van der Waals surface area contributed by atoms with Crippen molar-refractivity contribution < 1.29 is 14.1 Å². The Kier molecular flexibility index (Phi) is 9.05. The number of nitrogens with zero attached hydrogens (tertiary/aromatic N) is 4. The number of halogens is 1. The van der Waals surface area contributed by atoms with Crippen LogP contribution in [-0.4, -0.2) is 52.9 Å². The van der Waals surface area contributed by atoms with Crippen LogP contribution in [0.5, 0.6) is 0 Å². The van der Waals surface area contributed by atoms with Gasteiger partial charge in [0.2, 0.25) is 0 Å². The summed E-state index contributed by atoms with van der Waals surface area (Å²) in [6.45, 7) is 1.67. The number of hydrogen-bond donors (Lipinski definition) is 1. The monoisotopic (exact) mass is 525 g/mol. The van der Waals surface area contributed by atoms with Crippen LogP contribution in [0.4, 0.5) is 11.4 Å². The van der Waals surface area contributed by atoms with Gasteiger partial charge >= 0.3 is 11.2 Å². The lowest BCUT2D eigenvalue weighted by atomic mass is 10.1. The Morgan fingerprint density at radius 2 is 1.62 bits per heavy atom. The number of rotatable bonds is 5. The third-order valence-corrected chi connectivity index (χ3v) is 6.10. The van der Waals surface area contributed by atoms with Crippen molar-refractivity contribution in [2.45, 2.75) is 6.54 Å². The summed E-state index contributed by atoms with van der Waals surface area (Å²) < 4.78 is 6.67. The van der Waals surface area contributed by atoms with Gasteiger partial charge in [-0.25, -0.2) is 0 Å². The lowest BCUT2D eigenvalue weighted by Gasteiger charge is -2.36. The Hall–Kier alpha value is -4.15. The summed E-state index contributed by atoms with van der Waals surface area (Å²) in [5, 5.41) is 12.8. The Morgan fingerprint density at radius 3 is 2.24 bits per heavy atom. The highest BCUT2D eigenvalue weighted by molar-refractivity contribution is 6.15. The smallest absolute Gasteiger partial charge is 0.357 e. The first-order valence-electron chi connectivity index (χ1n) is 11.3. The van der Waals surface area contributed by atoms with Crippen molar-refractivity contribution in [2.75, 3.05) is 37.5 Å². The predicted molar refractivity (Wildman–Crippen MR) is 144 cm³/mol. The summed E-state index contributed by atoms with van der Waals surface area (Å²) >= 11 is 4.64. The van der Waals surface area contributed by atoms with Crippen molar-refractivity contribution in [3.63, 3.8) is 0 Å². The van der Waals surface area contributed by atoms with Crippen LogP contribution in [0.15, 0.2) is 82.2 Å². The van der Waals surface area contributed by atoms with Gasteiger partial charge in [-0.1, -0.05) is 48.5 Å². The van der Waals surface area contributed by atoms with Gasteiger partial charge in [0, 0.05) is 37.9 Å². The Balaban J connectivity index is 0.00000124. The van der Waals surface area contributed by atoms with Crippen LogP contribution in [0.1, 0.15) is 16.1 Å². The normalized spacial score (nSPS) is 12.9. The molecule has 5 rings (SSSR count). The van der Waals surface area contributed by atoms with Crippen molar-refractivity contribution in [1.29, 1.82) is 0 Å². The van der Waals surface area contributed by atoms with Crippen molar-refractivity contribution in [3.8, 4) is 0 Å². The summed E-state index contributed by atoms with van der Waals surface area (Å²) in [4.78, 5) is 41.1. The SMILES string of the molecule is CCl.N.O=C(c1ccco1)N1CCN(c2c([N+](=O)[O-])c(=O)n(Cc3ccccc3)c3ccccc23)CC1. The van der Waals surface area contributed by atoms with Gasteiger partial charge in [0.15, 0.2) is 5.76 Å². The molecule has 3 heterocycles. The first kappa shape index (κ1) is 27.4. The van der Waals surface area contributed by atoms with Gasteiger partial charge < -0.3 is 20.4 Å². The molecule has 0 aliphatic carbocycles. The van der Waals surface area contributed by atoms with Crippen LogP contribution in [0, 0.1) is 10.1 Å². The number of aromatic nitrogens is 1. The molecule has 194 valence electrons. The second-order valence-corrected chi connectivity index (χ2v) is 8.10. The van der Waals surface area contributed by atoms with Crippen molar-refractivity contribution in [2.24, 2.45) is 0 Å². The number of para-hydroxylation sites is 1. The minimum absolute atomic E-state index is 0. The van der Waals surface area contributed by atoms with Crippen LogP contribution in [0.25, 0.3) is 10.9 Å². The Bertz CT molecular complexity index is 1410. The number of furan rings is 1. The average Bonchev–Trinajstić information content (AvgIpc) is 3.46. The largest absolute Gasteiger partial charge is 0.459 e. The zero-order valence-corrected chi connectivity index (χ0v) is 21.1. The van der Waals surface area contributed by atoms with E-state index in [1.54, 1.807) is 23.1 Å². The van der Waals surface area contributed by atoms with E-state index in [0.717, 1.165) is 5.56 Å². The van der Waals surface area contributed by atoms with Gasteiger partial charge in [0.05, 0.1) is 23.2 Å². The highest BCUT2D eigenvalue weighted by atomic mass is 35.5. The number of nitro groups is 1. The zero-order chi connectivity index (χ0) is 25.7. The lowest BCUT2D eigenvalue weighted by Crippen LogP contribution is -2.49. The van der Waals surface area contributed by atoms with Crippen LogP contribution < -0.4 is 16.6 Å². The molecule has 1 fully saturated rings. The van der Waals surface area contributed by atoms with Crippen molar-refractivity contribution >= 4 is 39.8 Å². The molecule has 4 aromatic rings. The molecule has 2 aromatic heterocycles. The topological polar surface area (TPSA) is 137 Å². The summed E-state index contributed by atoms with van der Waals surface area (Å²) in [6, 6.07) is 19.9. The van der Waals surface area contributed by atoms with E-state index in [4.69, 9.17) is 4.42 Å². The second-order valence-electron chi connectivity index (χ2n) is 8.10. The lowest BCUT2D eigenvalue weighted by molar-refractivity contribution is -0.385. The van der Waals surface area contributed by atoms with E-state index in [2.05, 4.69) is 11.6 Å². The summed E-state index contributed by atoms with van der Waals surface area (Å²) in [5.41, 5.74) is 0.727. The van der Waals surface area contributed by atoms with Crippen LogP contribution in [0.3, 0.4) is 0 Å². The number of piperazine rings is 1. The van der Waals surface area contributed by atoms with Gasteiger partial charge in [-0.15, -0.1) is 11.6 Å². The maximum Gasteiger partial charge on any atom is 0.357 e. The van der Waals surface area contributed by atoms with Crippen molar-refractivity contribution in [3.05, 3.63) is 105 Å². The van der Waals surface area contributed by atoms with E-state index >= 15 is 0 Å². The highest BCUT2D eigenvalue weighted by Gasteiger charge is 2.32. The molecule has 1 saturated heterocycles. The fourth-order valence-corrected chi connectivity index (χ4v) is 4.47. The number of amides is 1. The molecule has 2 aromatic carbocycles. The second kappa shape index (κ2) is 12.2. The molecule has 3 N–H and O–H groups in total. The van der Waals surface area contributed by atoms with E-state index in [-0.39, 0.29) is 24.4 Å². The van der Waals surface area contributed by atoms with E-state index < -0.39 is 16.2 Å². The van der Waals surface area contributed by atoms with Gasteiger partial charge in [0.1, 0.15) is 5.69 Å². The molecule has 1 aliphatic rings. The molecule has 0 atom stereocenters. The molecule has 11 heteroatoms. The average molecular weight is 526 g/mol. The molecule has 0 saturated carbocycles. The van der Waals surface area contributed by atoms with E-state index in [1.807, 2.05) is 53.4 Å². The molecule has 1 aliphatic heterocycles. The Morgan fingerprint density at radius 1 is 0.973 bits per heavy atom. The number of carbonyl (C=O) groups excluding carboxylic acids is 1. The molecule has 0 bridgehead atoms. The summed E-state index contributed by atoms with van der Waals surface area (Å²) in [5.74, 6) is 0.0377. The molecule has 0 spiro atoms. The summed E-state index contributed by atoms with van der Waals surface area (Å²) in [7, 11) is 0. The maximum absolute atomic E-state index is 13.4. The quantitative estimate of drug-likeness (QED) is 0.229. The number of hydrogen-bond acceptors (Lipinski definition) is 7. The highest BCUT2D eigenvalue weighted by Crippen LogP contribution is 2.34. The van der Waals surface area contributed by atoms with Gasteiger partial charge in [-0.05, 0) is 23.8 Å². The van der Waals surface area contributed by atoms with E-state index in [9.17, 15) is 19.7 Å². The predicted octanol–water partition coefficient (Wildman–Crippen LogP) is 4.53. The Labute approximate surface area is 218 Å². The molecular formula is C26H28ClN5O5. The maximum atomic E-state index is 13.4. The number of anilines is 1. The number of benzene rings is 2. The summed E-state index contributed by atoms with van der Waals surface area (Å²) in [6.07, 6.45) is 2.92. The van der Waals surface area contributed by atoms with Crippen LogP contribution in [-0.2, 0) is 6.54 Å². The van der Waals surface area contributed by atoms with Crippen LogP contribution in [0.2, 0.25) is 0 Å².